The molecule has 2 aliphatic heterocycles. The standard InChI is InChI=1S/C28H29ClN4OS/c1-35-22-9-13-33(14-10-22)27(34)24-18-31-25-8-7-21(29)17-23(25)26(24)32-15-11-28(19-30,12-16-32)20-5-3-2-4-6-20/h2-8,17-18,22H,9-16H2,1H3. The monoisotopic (exact) mass is 504 g/mol. The Morgan fingerprint density at radius 2 is 1.83 bits per heavy atom. The summed E-state index contributed by atoms with van der Waals surface area (Å²) in [5.74, 6) is 0.0362. The average Bonchev–Trinajstić information content (AvgIpc) is 2.92. The molecule has 180 valence electrons. The second-order valence-electron chi connectivity index (χ2n) is 9.46. The third-order valence-corrected chi connectivity index (χ3v) is 8.94. The average molecular weight is 505 g/mol. The summed E-state index contributed by atoms with van der Waals surface area (Å²) >= 11 is 8.29. The number of pyridine rings is 1. The van der Waals surface area contributed by atoms with Gasteiger partial charge in [-0.25, -0.2) is 0 Å². The van der Waals surface area contributed by atoms with E-state index in [4.69, 9.17) is 11.6 Å². The number of thioether (sulfide) groups is 1. The molecule has 5 nitrogen and oxygen atoms in total. The molecule has 0 unspecified atom stereocenters. The maximum absolute atomic E-state index is 13.8. The van der Waals surface area contributed by atoms with E-state index in [1.807, 2.05) is 65.2 Å². The fraction of sp³-hybridized carbons (Fsp3) is 0.393. The predicted molar refractivity (Wildman–Crippen MR) is 144 cm³/mol. The third kappa shape index (κ3) is 4.60. The van der Waals surface area contributed by atoms with Crippen molar-refractivity contribution in [3.05, 3.63) is 70.9 Å². The van der Waals surface area contributed by atoms with Gasteiger partial charge in [-0.05, 0) is 55.7 Å². The van der Waals surface area contributed by atoms with E-state index in [9.17, 15) is 10.1 Å². The number of amides is 1. The summed E-state index contributed by atoms with van der Waals surface area (Å²) in [7, 11) is 0. The number of piperidine rings is 2. The number of aromatic nitrogens is 1. The first-order chi connectivity index (χ1) is 17.0. The van der Waals surface area contributed by atoms with Crippen molar-refractivity contribution in [3.63, 3.8) is 0 Å². The molecular formula is C28H29ClN4OS. The van der Waals surface area contributed by atoms with Gasteiger partial charge in [-0.1, -0.05) is 41.9 Å². The highest BCUT2D eigenvalue weighted by Crippen LogP contribution is 2.40. The molecule has 0 aliphatic carbocycles. The molecule has 2 saturated heterocycles. The minimum Gasteiger partial charge on any atom is -0.370 e. The van der Waals surface area contributed by atoms with Crippen LogP contribution in [0.5, 0.6) is 0 Å². The van der Waals surface area contributed by atoms with Crippen LogP contribution >= 0.6 is 23.4 Å². The van der Waals surface area contributed by atoms with Gasteiger partial charge in [-0.15, -0.1) is 0 Å². The number of nitriles is 1. The van der Waals surface area contributed by atoms with Gasteiger partial charge in [-0.3, -0.25) is 9.78 Å². The van der Waals surface area contributed by atoms with Gasteiger partial charge in [0.2, 0.25) is 0 Å². The summed E-state index contributed by atoms with van der Waals surface area (Å²) in [4.78, 5) is 22.6. The Morgan fingerprint density at radius 3 is 2.49 bits per heavy atom. The third-order valence-electron chi connectivity index (χ3n) is 7.57. The van der Waals surface area contributed by atoms with Crippen LogP contribution in [0.4, 0.5) is 5.69 Å². The van der Waals surface area contributed by atoms with E-state index in [1.54, 1.807) is 6.20 Å². The van der Waals surface area contributed by atoms with E-state index in [1.165, 1.54) is 0 Å². The molecule has 2 fully saturated rings. The topological polar surface area (TPSA) is 60.2 Å². The normalized spacial score (nSPS) is 18.4. The molecule has 0 N–H and O–H groups in total. The zero-order chi connectivity index (χ0) is 24.4. The molecule has 7 heteroatoms. The van der Waals surface area contributed by atoms with Gasteiger partial charge < -0.3 is 9.80 Å². The zero-order valence-electron chi connectivity index (χ0n) is 19.9. The first-order valence-corrected chi connectivity index (χ1v) is 13.8. The highest BCUT2D eigenvalue weighted by Gasteiger charge is 2.38. The van der Waals surface area contributed by atoms with Crippen molar-refractivity contribution in [1.29, 1.82) is 5.26 Å². The quantitative estimate of drug-likeness (QED) is 0.441. The van der Waals surface area contributed by atoms with Crippen molar-refractivity contribution in [2.45, 2.75) is 36.3 Å². The largest absolute Gasteiger partial charge is 0.370 e. The molecule has 1 aromatic heterocycles. The number of hydrogen-bond acceptors (Lipinski definition) is 5. The number of halogens is 1. The van der Waals surface area contributed by atoms with Crippen molar-refractivity contribution >= 4 is 45.9 Å². The lowest BCUT2D eigenvalue weighted by Crippen LogP contribution is -2.44. The van der Waals surface area contributed by atoms with Gasteiger partial charge in [0.15, 0.2) is 0 Å². The maximum Gasteiger partial charge on any atom is 0.257 e. The Morgan fingerprint density at radius 1 is 1.11 bits per heavy atom. The predicted octanol–water partition coefficient (Wildman–Crippen LogP) is 5.92. The van der Waals surface area contributed by atoms with Crippen molar-refractivity contribution in [2.24, 2.45) is 0 Å². The van der Waals surface area contributed by atoms with Gasteiger partial charge in [0.1, 0.15) is 0 Å². The summed E-state index contributed by atoms with van der Waals surface area (Å²) in [5.41, 5.74) is 2.91. The molecule has 1 amide bonds. The molecule has 35 heavy (non-hydrogen) atoms. The number of benzene rings is 2. The summed E-state index contributed by atoms with van der Waals surface area (Å²) < 4.78 is 0. The highest BCUT2D eigenvalue weighted by molar-refractivity contribution is 7.99. The van der Waals surface area contributed by atoms with Crippen LogP contribution in [0.1, 0.15) is 41.6 Å². The fourth-order valence-electron chi connectivity index (χ4n) is 5.45. The van der Waals surface area contributed by atoms with Crippen LogP contribution in [0.2, 0.25) is 5.02 Å². The van der Waals surface area contributed by atoms with E-state index >= 15 is 0 Å². The number of nitrogens with zero attached hydrogens (tertiary/aromatic N) is 4. The summed E-state index contributed by atoms with van der Waals surface area (Å²) in [6.45, 7) is 2.90. The number of carbonyl (C=O) groups excluding carboxylic acids is 1. The summed E-state index contributed by atoms with van der Waals surface area (Å²) in [5, 5.41) is 12.3. The Balaban J connectivity index is 1.50. The Labute approximate surface area is 216 Å². The molecular weight excluding hydrogens is 476 g/mol. The van der Waals surface area contributed by atoms with E-state index in [0.29, 0.717) is 41.8 Å². The van der Waals surface area contributed by atoms with Gasteiger partial charge in [-0.2, -0.15) is 17.0 Å². The first-order valence-electron chi connectivity index (χ1n) is 12.2. The lowest BCUT2D eigenvalue weighted by molar-refractivity contribution is 0.0727. The molecule has 0 atom stereocenters. The molecule has 5 rings (SSSR count). The second-order valence-corrected chi connectivity index (χ2v) is 11.0. The van der Waals surface area contributed by atoms with Crippen LogP contribution < -0.4 is 4.90 Å². The Hall–Kier alpha value is -2.75. The Kier molecular flexibility index (Phi) is 6.91. The van der Waals surface area contributed by atoms with Crippen molar-refractivity contribution in [1.82, 2.24) is 9.88 Å². The molecule has 0 saturated carbocycles. The van der Waals surface area contributed by atoms with Crippen LogP contribution in [0.25, 0.3) is 10.9 Å². The number of rotatable bonds is 4. The molecule has 3 aromatic rings. The van der Waals surface area contributed by atoms with Gasteiger partial charge in [0.05, 0.1) is 28.3 Å². The van der Waals surface area contributed by atoms with Crippen LogP contribution in [0.15, 0.2) is 54.7 Å². The van der Waals surface area contributed by atoms with E-state index in [-0.39, 0.29) is 5.91 Å². The summed E-state index contributed by atoms with van der Waals surface area (Å²) in [6, 6.07) is 18.3. The zero-order valence-corrected chi connectivity index (χ0v) is 21.5. The summed E-state index contributed by atoms with van der Waals surface area (Å²) in [6.07, 6.45) is 7.30. The highest BCUT2D eigenvalue weighted by atomic mass is 35.5. The minimum atomic E-state index is -0.512. The van der Waals surface area contributed by atoms with E-state index < -0.39 is 5.41 Å². The number of carbonyl (C=O) groups is 1. The fourth-order valence-corrected chi connectivity index (χ4v) is 6.30. The van der Waals surface area contributed by atoms with Crippen molar-refractivity contribution in [3.8, 4) is 6.07 Å². The van der Waals surface area contributed by atoms with Crippen LogP contribution in [0, 0.1) is 11.3 Å². The van der Waals surface area contributed by atoms with Crippen LogP contribution in [-0.4, -0.2) is 53.5 Å². The molecule has 0 radical (unpaired) electrons. The van der Waals surface area contributed by atoms with Crippen LogP contribution in [-0.2, 0) is 5.41 Å². The van der Waals surface area contributed by atoms with Gasteiger partial charge >= 0.3 is 0 Å². The van der Waals surface area contributed by atoms with Crippen LogP contribution in [0.3, 0.4) is 0 Å². The molecule has 3 heterocycles. The van der Waals surface area contributed by atoms with Gasteiger partial charge in [0.25, 0.3) is 5.91 Å². The van der Waals surface area contributed by atoms with E-state index in [0.717, 1.165) is 48.1 Å². The van der Waals surface area contributed by atoms with Crippen molar-refractivity contribution < 1.29 is 4.79 Å². The minimum absolute atomic E-state index is 0.0362. The lowest BCUT2D eigenvalue weighted by atomic mass is 9.74. The second kappa shape index (κ2) is 10.1. The van der Waals surface area contributed by atoms with Crippen molar-refractivity contribution in [2.75, 3.05) is 37.3 Å². The van der Waals surface area contributed by atoms with E-state index in [2.05, 4.69) is 22.2 Å². The molecule has 0 spiro atoms. The maximum atomic E-state index is 13.8. The Bertz CT molecular complexity index is 1260. The first kappa shape index (κ1) is 24.0. The number of fused-ring (bicyclic) bond motifs is 1. The van der Waals surface area contributed by atoms with Gasteiger partial charge in [0, 0.05) is 48.0 Å². The molecule has 0 bridgehead atoms. The SMILES string of the molecule is CSC1CCN(C(=O)c2cnc3ccc(Cl)cc3c2N2CCC(C#N)(c3ccccc3)CC2)CC1. The molecule has 2 aromatic carbocycles. The number of anilines is 1. The number of hydrogen-bond donors (Lipinski definition) is 0. The molecule has 2 aliphatic rings. The smallest absolute Gasteiger partial charge is 0.257 e. The lowest BCUT2D eigenvalue weighted by Gasteiger charge is -2.40. The number of likely N-dealkylation sites (tertiary alicyclic amines) is 1.